The second-order valence-electron chi connectivity index (χ2n) is 6.88. The van der Waals surface area contributed by atoms with Gasteiger partial charge >= 0.3 is 0 Å². The van der Waals surface area contributed by atoms with Crippen molar-refractivity contribution in [2.75, 3.05) is 12.4 Å². The lowest BCUT2D eigenvalue weighted by atomic mass is 10.2. The predicted molar refractivity (Wildman–Crippen MR) is 125 cm³/mol. The van der Waals surface area contributed by atoms with Gasteiger partial charge in [-0.1, -0.05) is 24.3 Å². The standard InChI is InChI=1S/C23H22N6O2S/c1-4-20-29-21(17-7-5-6-14(2)27-17)23(32-20)31-16-10-11-25-19(12-16)28-18-9-8-15(13-26-18)22(30)24-3/h5-13H,4H2,1-3H3,(H,24,30)(H,25,26,28). The van der Waals surface area contributed by atoms with Crippen molar-refractivity contribution in [2.24, 2.45) is 0 Å². The zero-order valence-electron chi connectivity index (χ0n) is 17.9. The monoisotopic (exact) mass is 446 g/mol. The summed E-state index contributed by atoms with van der Waals surface area (Å²) >= 11 is 1.51. The van der Waals surface area contributed by atoms with Crippen molar-refractivity contribution < 1.29 is 9.53 Å². The van der Waals surface area contributed by atoms with Crippen LogP contribution in [-0.2, 0) is 6.42 Å². The number of pyridine rings is 3. The number of anilines is 2. The van der Waals surface area contributed by atoms with E-state index in [9.17, 15) is 4.79 Å². The molecule has 0 spiro atoms. The molecular weight excluding hydrogens is 424 g/mol. The number of nitrogens with zero attached hydrogens (tertiary/aromatic N) is 4. The fourth-order valence-electron chi connectivity index (χ4n) is 2.93. The molecule has 2 N–H and O–H groups in total. The van der Waals surface area contributed by atoms with Crippen LogP contribution >= 0.6 is 11.3 Å². The zero-order valence-corrected chi connectivity index (χ0v) is 18.7. The molecule has 9 heteroatoms. The Hall–Kier alpha value is -3.85. The molecule has 0 aliphatic rings. The van der Waals surface area contributed by atoms with Crippen molar-refractivity contribution in [3.8, 4) is 22.2 Å². The fraction of sp³-hybridized carbons (Fsp3) is 0.174. The molecule has 0 aromatic carbocycles. The summed E-state index contributed by atoms with van der Waals surface area (Å²) in [4.78, 5) is 29.6. The van der Waals surface area contributed by atoms with Gasteiger partial charge in [-0.2, -0.15) is 0 Å². The van der Waals surface area contributed by atoms with E-state index in [0.717, 1.165) is 28.5 Å². The quantitative estimate of drug-likeness (QED) is 0.422. The van der Waals surface area contributed by atoms with Gasteiger partial charge in [-0.3, -0.25) is 9.78 Å². The largest absolute Gasteiger partial charge is 0.444 e. The third-order valence-corrected chi connectivity index (χ3v) is 5.60. The molecule has 0 bridgehead atoms. The lowest BCUT2D eigenvalue weighted by Crippen LogP contribution is -2.17. The number of aromatic nitrogens is 4. The van der Waals surface area contributed by atoms with E-state index < -0.39 is 0 Å². The number of ether oxygens (including phenoxy) is 1. The van der Waals surface area contributed by atoms with E-state index in [1.807, 2.05) is 25.1 Å². The summed E-state index contributed by atoms with van der Waals surface area (Å²) in [5.41, 5.74) is 2.92. The van der Waals surface area contributed by atoms with Gasteiger partial charge < -0.3 is 15.4 Å². The van der Waals surface area contributed by atoms with E-state index in [1.54, 1.807) is 37.5 Å². The van der Waals surface area contributed by atoms with Gasteiger partial charge in [0.05, 0.1) is 16.3 Å². The first-order valence-electron chi connectivity index (χ1n) is 10.1. The number of nitrogens with one attached hydrogen (secondary N) is 2. The molecule has 4 aromatic rings. The minimum absolute atomic E-state index is 0.188. The van der Waals surface area contributed by atoms with Crippen molar-refractivity contribution >= 4 is 28.9 Å². The average molecular weight is 447 g/mol. The molecule has 32 heavy (non-hydrogen) atoms. The van der Waals surface area contributed by atoms with E-state index in [1.165, 1.54) is 17.5 Å². The molecule has 8 nitrogen and oxygen atoms in total. The van der Waals surface area contributed by atoms with Crippen LogP contribution < -0.4 is 15.4 Å². The van der Waals surface area contributed by atoms with Crippen molar-refractivity contribution in [3.05, 3.63) is 71.1 Å². The maximum atomic E-state index is 11.7. The molecule has 0 saturated carbocycles. The Morgan fingerprint density at radius 2 is 1.97 bits per heavy atom. The van der Waals surface area contributed by atoms with E-state index >= 15 is 0 Å². The second-order valence-corrected chi connectivity index (χ2v) is 7.92. The number of carbonyl (C=O) groups is 1. The smallest absolute Gasteiger partial charge is 0.252 e. The van der Waals surface area contributed by atoms with Crippen molar-refractivity contribution in [3.63, 3.8) is 0 Å². The highest BCUT2D eigenvalue weighted by atomic mass is 32.1. The van der Waals surface area contributed by atoms with Crippen LogP contribution in [0.2, 0.25) is 0 Å². The Morgan fingerprint density at radius 1 is 1.09 bits per heavy atom. The first kappa shape index (κ1) is 21.4. The summed E-state index contributed by atoms with van der Waals surface area (Å²) in [6.45, 7) is 4.01. The molecule has 4 heterocycles. The van der Waals surface area contributed by atoms with E-state index in [4.69, 9.17) is 9.72 Å². The van der Waals surface area contributed by atoms with Crippen LogP contribution in [0, 0.1) is 6.92 Å². The van der Waals surface area contributed by atoms with Crippen LogP contribution in [-0.4, -0.2) is 32.9 Å². The van der Waals surface area contributed by atoms with Gasteiger partial charge in [-0.25, -0.2) is 15.0 Å². The lowest BCUT2D eigenvalue weighted by Gasteiger charge is -2.09. The van der Waals surface area contributed by atoms with Gasteiger partial charge in [0, 0.05) is 31.2 Å². The van der Waals surface area contributed by atoms with Crippen LogP contribution in [0.4, 0.5) is 11.6 Å². The molecule has 0 unspecified atom stereocenters. The molecule has 0 atom stereocenters. The Morgan fingerprint density at radius 3 is 2.69 bits per heavy atom. The van der Waals surface area contributed by atoms with Gasteiger partial charge in [-0.15, -0.1) is 0 Å². The molecule has 0 saturated heterocycles. The number of carbonyl (C=O) groups excluding carboxylic acids is 1. The Bertz CT molecular complexity index is 1240. The highest BCUT2D eigenvalue weighted by Crippen LogP contribution is 2.38. The second kappa shape index (κ2) is 9.52. The van der Waals surface area contributed by atoms with Crippen molar-refractivity contribution in [1.82, 2.24) is 25.3 Å². The molecule has 1 amide bonds. The summed E-state index contributed by atoms with van der Waals surface area (Å²) in [5, 5.41) is 7.36. The fourth-order valence-corrected chi connectivity index (χ4v) is 3.81. The van der Waals surface area contributed by atoms with Crippen LogP contribution in [0.15, 0.2) is 54.9 Å². The molecule has 0 radical (unpaired) electrons. The van der Waals surface area contributed by atoms with Crippen LogP contribution in [0.5, 0.6) is 10.8 Å². The highest BCUT2D eigenvalue weighted by Gasteiger charge is 2.16. The van der Waals surface area contributed by atoms with Gasteiger partial charge in [0.25, 0.3) is 5.91 Å². The summed E-state index contributed by atoms with van der Waals surface area (Å²) in [7, 11) is 1.58. The number of thiazole rings is 1. The van der Waals surface area contributed by atoms with Crippen LogP contribution in [0.1, 0.15) is 28.0 Å². The Balaban J connectivity index is 1.56. The lowest BCUT2D eigenvalue weighted by molar-refractivity contribution is 0.0963. The number of hydrogen-bond donors (Lipinski definition) is 2. The molecule has 4 rings (SSSR count). The summed E-state index contributed by atoms with van der Waals surface area (Å²) < 4.78 is 6.19. The van der Waals surface area contributed by atoms with E-state index in [2.05, 4.69) is 32.5 Å². The number of rotatable bonds is 7. The van der Waals surface area contributed by atoms with Gasteiger partial charge in [0.15, 0.2) is 0 Å². The minimum atomic E-state index is -0.188. The average Bonchev–Trinajstić information content (AvgIpc) is 3.22. The summed E-state index contributed by atoms with van der Waals surface area (Å²) in [6.07, 6.45) is 3.98. The number of aryl methyl sites for hydroxylation is 2. The summed E-state index contributed by atoms with van der Waals surface area (Å²) in [6, 6.07) is 12.8. The zero-order chi connectivity index (χ0) is 22.5. The first-order valence-corrected chi connectivity index (χ1v) is 10.9. The number of hydrogen-bond acceptors (Lipinski definition) is 8. The normalized spacial score (nSPS) is 10.6. The van der Waals surface area contributed by atoms with Gasteiger partial charge in [-0.05, 0) is 43.7 Å². The van der Waals surface area contributed by atoms with Crippen molar-refractivity contribution in [1.29, 1.82) is 0 Å². The Labute approximate surface area is 189 Å². The van der Waals surface area contributed by atoms with Gasteiger partial charge in [0.2, 0.25) is 5.06 Å². The molecule has 4 aromatic heterocycles. The van der Waals surface area contributed by atoms with Crippen LogP contribution in [0.25, 0.3) is 11.4 Å². The first-order chi connectivity index (χ1) is 15.6. The number of amides is 1. The Kier molecular flexibility index (Phi) is 6.37. The van der Waals surface area contributed by atoms with Crippen LogP contribution in [0.3, 0.4) is 0 Å². The SMILES string of the molecule is CCc1nc(-c2cccc(C)n2)c(Oc2ccnc(Nc3ccc(C(=O)NC)cn3)c2)s1. The third-order valence-electron chi connectivity index (χ3n) is 4.52. The van der Waals surface area contributed by atoms with E-state index in [-0.39, 0.29) is 5.91 Å². The third kappa shape index (κ3) is 4.89. The molecule has 162 valence electrons. The van der Waals surface area contributed by atoms with Crippen molar-refractivity contribution in [2.45, 2.75) is 20.3 Å². The maximum absolute atomic E-state index is 11.7. The minimum Gasteiger partial charge on any atom is -0.444 e. The van der Waals surface area contributed by atoms with E-state index in [0.29, 0.717) is 28.0 Å². The topological polar surface area (TPSA) is 102 Å². The molecule has 0 aliphatic heterocycles. The molecular formula is C23H22N6O2S. The predicted octanol–water partition coefficient (Wildman–Crippen LogP) is 4.76. The molecule has 0 fully saturated rings. The summed E-state index contributed by atoms with van der Waals surface area (Å²) in [5.74, 6) is 1.56. The molecule has 0 aliphatic carbocycles. The van der Waals surface area contributed by atoms with Gasteiger partial charge in [0.1, 0.15) is 23.1 Å². The maximum Gasteiger partial charge on any atom is 0.252 e. The highest BCUT2D eigenvalue weighted by molar-refractivity contribution is 7.14.